The Balaban J connectivity index is 3.88. The molecule has 0 rings (SSSR count). The van der Waals surface area contributed by atoms with Gasteiger partial charge < -0.3 is 27.9 Å². The lowest BCUT2D eigenvalue weighted by atomic mass is 10.0. The maximum Gasteiger partial charge on any atom is 0.306 e. The molecule has 0 aromatic rings. The van der Waals surface area contributed by atoms with Gasteiger partial charge in [-0.25, -0.2) is 0 Å². The summed E-state index contributed by atoms with van der Waals surface area (Å²) in [7, 11) is 1.18. The highest BCUT2D eigenvalue weighted by atomic mass is 31.2. The maximum absolute atomic E-state index is 12.9. The zero-order valence-electron chi connectivity index (χ0n) is 66.4. The summed E-state index contributed by atoms with van der Waals surface area (Å²) in [5.74, 6) is -0.813. The van der Waals surface area contributed by atoms with Crippen molar-refractivity contribution in [1.29, 1.82) is 0 Å². The van der Waals surface area contributed by atoms with Gasteiger partial charge in [0.05, 0.1) is 27.7 Å². The van der Waals surface area contributed by atoms with Crippen LogP contribution in [0.4, 0.5) is 0 Å². The first kappa shape index (κ1) is 96.7. The molecule has 0 heterocycles. The number of esters is 2. The van der Waals surface area contributed by atoms with E-state index >= 15 is 0 Å². The van der Waals surface area contributed by atoms with Crippen LogP contribution in [0.25, 0.3) is 0 Å². The molecular formula is C90H162NO8P. The van der Waals surface area contributed by atoms with Crippen molar-refractivity contribution < 1.29 is 42.1 Å². The molecule has 0 N–H and O–H groups in total. The molecule has 0 aliphatic carbocycles. The van der Waals surface area contributed by atoms with Gasteiger partial charge in [-0.05, 0) is 96.3 Å². The van der Waals surface area contributed by atoms with Crippen molar-refractivity contribution in [1.82, 2.24) is 0 Å². The molecule has 0 amide bonds. The predicted octanol–water partition coefficient (Wildman–Crippen LogP) is 28.1. The lowest BCUT2D eigenvalue weighted by Gasteiger charge is -2.28. The van der Waals surface area contributed by atoms with E-state index in [4.69, 9.17) is 18.5 Å². The summed E-state index contributed by atoms with van der Waals surface area (Å²) in [6, 6.07) is 0. The van der Waals surface area contributed by atoms with Crippen molar-refractivity contribution in [2.75, 3.05) is 47.5 Å². The number of phosphoric acid groups is 1. The van der Waals surface area contributed by atoms with Gasteiger partial charge in [-0.15, -0.1) is 0 Å². The lowest BCUT2D eigenvalue weighted by Crippen LogP contribution is -2.37. The van der Waals surface area contributed by atoms with Crippen molar-refractivity contribution in [2.45, 2.75) is 405 Å². The maximum atomic E-state index is 12.9. The molecule has 9 nitrogen and oxygen atoms in total. The van der Waals surface area contributed by atoms with Crippen LogP contribution in [-0.4, -0.2) is 70.0 Å². The molecule has 0 saturated carbocycles. The molecule has 100 heavy (non-hydrogen) atoms. The Morgan fingerprint density at radius 1 is 0.310 bits per heavy atom. The molecule has 0 bridgehead atoms. The van der Waals surface area contributed by atoms with Crippen LogP contribution in [0, 0.1) is 0 Å². The monoisotopic (exact) mass is 1420 g/mol. The molecule has 0 aromatic carbocycles. The van der Waals surface area contributed by atoms with Crippen molar-refractivity contribution in [3.8, 4) is 0 Å². The quantitative estimate of drug-likeness (QED) is 0.0195. The topological polar surface area (TPSA) is 111 Å². The first-order chi connectivity index (χ1) is 49.0. The third-order valence-electron chi connectivity index (χ3n) is 18.8. The number of quaternary nitrogens is 1. The Hall–Kier alpha value is -3.33. The van der Waals surface area contributed by atoms with Gasteiger partial charge in [0, 0.05) is 12.8 Å². The Morgan fingerprint density at radius 3 is 0.800 bits per heavy atom. The van der Waals surface area contributed by atoms with Crippen molar-refractivity contribution in [2.24, 2.45) is 0 Å². The normalized spacial score (nSPS) is 13.5. The molecule has 0 radical (unpaired) electrons. The third kappa shape index (κ3) is 83.6. The Morgan fingerprint density at radius 2 is 0.540 bits per heavy atom. The number of hydrogen-bond donors (Lipinski definition) is 0. The summed E-state index contributed by atoms with van der Waals surface area (Å²) >= 11 is 0. The first-order valence-electron chi connectivity index (χ1n) is 42.6. The van der Waals surface area contributed by atoms with Gasteiger partial charge in [-0.3, -0.25) is 14.2 Å². The summed E-state index contributed by atoms with van der Waals surface area (Å²) in [4.78, 5) is 38.2. The van der Waals surface area contributed by atoms with Crippen molar-refractivity contribution >= 4 is 19.8 Å². The van der Waals surface area contributed by atoms with E-state index in [9.17, 15) is 19.0 Å². The largest absolute Gasteiger partial charge is 0.756 e. The van der Waals surface area contributed by atoms with Crippen LogP contribution in [-0.2, 0) is 32.7 Å². The summed E-state index contributed by atoms with van der Waals surface area (Å²) in [5, 5.41) is 0. The van der Waals surface area contributed by atoms with Crippen LogP contribution in [0.5, 0.6) is 0 Å². The van der Waals surface area contributed by atoms with Crippen LogP contribution in [0.1, 0.15) is 399 Å². The number of nitrogens with zero attached hydrogens (tertiary/aromatic N) is 1. The van der Waals surface area contributed by atoms with E-state index in [1.807, 2.05) is 21.1 Å². The van der Waals surface area contributed by atoms with Gasteiger partial charge in [0.15, 0.2) is 6.10 Å². The number of phosphoric ester groups is 1. The number of allylic oxidation sites excluding steroid dienone is 18. The molecule has 0 aromatic heterocycles. The number of carbonyl (C=O) groups is 2. The van der Waals surface area contributed by atoms with Crippen LogP contribution >= 0.6 is 7.82 Å². The van der Waals surface area contributed by atoms with E-state index in [1.165, 1.54) is 270 Å². The number of carbonyl (C=O) groups excluding carboxylic acids is 2. The molecule has 580 valence electrons. The highest BCUT2D eigenvalue weighted by Gasteiger charge is 2.22. The molecule has 0 spiro atoms. The summed E-state index contributed by atoms with van der Waals surface area (Å²) in [5.41, 5.74) is 0. The lowest BCUT2D eigenvalue weighted by molar-refractivity contribution is -0.870. The first-order valence-corrected chi connectivity index (χ1v) is 44.1. The van der Waals surface area contributed by atoms with Gasteiger partial charge in [-0.1, -0.05) is 399 Å². The second kappa shape index (κ2) is 79.8. The zero-order chi connectivity index (χ0) is 72.5. The average molecular weight is 1420 g/mol. The average Bonchev–Trinajstić information content (AvgIpc) is 1.02. The van der Waals surface area contributed by atoms with Gasteiger partial charge in [0.2, 0.25) is 0 Å². The minimum atomic E-state index is -4.65. The number of hydrogen-bond acceptors (Lipinski definition) is 8. The van der Waals surface area contributed by atoms with E-state index in [0.717, 1.165) is 96.3 Å². The van der Waals surface area contributed by atoms with Crippen molar-refractivity contribution in [3.63, 3.8) is 0 Å². The fourth-order valence-corrected chi connectivity index (χ4v) is 13.1. The molecule has 0 fully saturated rings. The van der Waals surface area contributed by atoms with Gasteiger partial charge in [-0.2, -0.15) is 0 Å². The fraction of sp³-hybridized carbons (Fsp3) is 0.778. The minimum absolute atomic E-state index is 0.0302. The van der Waals surface area contributed by atoms with E-state index in [2.05, 4.69) is 123 Å². The van der Waals surface area contributed by atoms with Gasteiger partial charge in [0.1, 0.15) is 19.8 Å². The summed E-state index contributed by atoms with van der Waals surface area (Å²) in [6.45, 7) is 4.07. The number of likely N-dealkylation sites (N-methyl/N-ethyl adjacent to an activating group) is 1. The summed E-state index contributed by atoms with van der Waals surface area (Å²) in [6.07, 6.45) is 114. The number of ether oxygens (including phenoxy) is 2. The van der Waals surface area contributed by atoms with Gasteiger partial charge >= 0.3 is 11.9 Å². The van der Waals surface area contributed by atoms with Gasteiger partial charge in [0.25, 0.3) is 7.82 Å². The molecule has 2 unspecified atom stereocenters. The molecule has 0 saturated heterocycles. The molecular weight excluding hydrogens is 1250 g/mol. The second-order valence-electron chi connectivity index (χ2n) is 29.8. The molecule has 2 atom stereocenters. The second-order valence-corrected chi connectivity index (χ2v) is 31.2. The predicted molar refractivity (Wildman–Crippen MR) is 434 cm³/mol. The smallest absolute Gasteiger partial charge is 0.306 e. The molecule has 10 heteroatoms. The van der Waals surface area contributed by atoms with Crippen LogP contribution in [0.15, 0.2) is 109 Å². The number of rotatable bonds is 79. The zero-order valence-corrected chi connectivity index (χ0v) is 67.3. The van der Waals surface area contributed by atoms with Crippen LogP contribution in [0.3, 0.4) is 0 Å². The Kier molecular flexibility index (Phi) is 77.1. The third-order valence-corrected chi connectivity index (χ3v) is 19.8. The van der Waals surface area contributed by atoms with Crippen LogP contribution < -0.4 is 4.89 Å². The fourth-order valence-electron chi connectivity index (χ4n) is 12.4. The van der Waals surface area contributed by atoms with E-state index < -0.39 is 26.5 Å². The standard InChI is InChI=1S/C90H162NO8P/c1-6-8-10-12-14-16-18-20-22-24-26-28-30-32-34-36-38-40-42-44-45-47-48-50-52-54-56-58-60-62-64-66-68-70-72-74-76-78-80-82-89(92)96-86-88(87-98-100(94,95)97-85-84-91(3,4)5)99-90(93)83-81-79-77-75-73-71-69-67-65-63-61-59-57-55-53-51-49-46-43-41-39-37-35-33-31-29-27-25-23-21-19-17-15-13-11-9-7-2/h8-11,14-17,20-23,26-29,33,35,88H,6-7,12-13,18-19,24-25,30-32,34,36-87H2,1-5H3/b10-8-,11-9-,16-14-,17-15-,22-20-,23-21-,28-26-,29-27-,35-33-. The highest BCUT2D eigenvalue weighted by Crippen LogP contribution is 2.38. The SMILES string of the molecule is CC/C=C\C/C=C\C/C=C\C/C=C\C/C=C\CCCCCCCCCCCCCCCCCCCCCCCC(=O)OC(COC(=O)CCCCCCCCCCCCCCCCCCCCCCCCCCCC/C=C\C/C=C\C/C=C\C/C=C\CC)COP(=O)([O-])OCC[N+](C)(C)C. The summed E-state index contributed by atoms with van der Waals surface area (Å²) < 4.78 is 34.5. The molecule has 0 aliphatic heterocycles. The van der Waals surface area contributed by atoms with Crippen molar-refractivity contribution in [3.05, 3.63) is 109 Å². The highest BCUT2D eigenvalue weighted by molar-refractivity contribution is 7.45. The molecule has 0 aliphatic rings. The van der Waals surface area contributed by atoms with Crippen LogP contribution in [0.2, 0.25) is 0 Å². The Labute approximate surface area is 620 Å². The van der Waals surface area contributed by atoms with E-state index in [0.29, 0.717) is 17.4 Å². The number of unbranched alkanes of at least 4 members (excludes halogenated alkanes) is 47. The minimum Gasteiger partial charge on any atom is -0.756 e. The van der Waals surface area contributed by atoms with E-state index in [-0.39, 0.29) is 32.0 Å². The van der Waals surface area contributed by atoms with E-state index in [1.54, 1.807) is 0 Å². The Bertz CT molecular complexity index is 2060.